The first kappa shape index (κ1) is 11.3. The molecule has 6 heteroatoms. The minimum atomic E-state index is -4.88. The SMILES string of the molecule is CC(CC1CNC1)OC(=O)C(F)(F)F. The van der Waals surface area contributed by atoms with Crippen LogP contribution >= 0.6 is 0 Å². The Morgan fingerprint density at radius 3 is 2.50 bits per heavy atom. The van der Waals surface area contributed by atoms with Gasteiger partial charge in [0.25, 0.3) is 0 Å². The summed E-state index contributed by atoms with van der Waals surface area (Å²) in [4.78, 5) is 10.4. The quantitative estimate of drug-likeness (QED) is 0.710. The molecular weight excluding hydrogens is 199 g/mol. The summed E-state index contributed by atoms with van der Waals surface area (Å²) in [5.41, 5.74) is 0. The van der Waals surface area contributed by atoms with Gasteiger partial charge in [0, 0.05) is 0 Å². The van der Waals surface area contributed by atoms with Gasteiger partial charge in [0.15, 0.2) is 0 Å². The number of halogens is 3. The highest BCUT2D eigenvalue weighted by Crippen LogP contribution is 2.20. The Balaban J connectivity index is 2.25. The molecule has 1 aliphatic rings. The normalized spacial score (nSPS) is 20.0. The van der Waals surface area contributed by atoms with Crippen LogP contribution in [-0.4, -0.2) is 31.3 Å². The van der Waals surface area contributed by atoms with Crippen molar-refractivity contribution in [3.63, 3.8) is 0 Å². The predicted octanol–water partition coefficient (Wildman–Crippen LogP) is 1.09. The number of nitrogens with one attached hydrogen (secondary N) is 1. The van der Waals surface area contributed by atoms with Crippen molar-refractivity contribution in [2.45, 2.75) is 25.6 Å². The molecule has 1 rings (SSSR count). The lowest BCUT2D eigenvalue weighted by Gasteiger charge is -2.29. The molecule has 1 N–H and O–H groups in total. The van der Waals surface area contributed by atoms with Crippen molar-refractivity contribution in [3.05, 3.63) is 0 Å². The minimum Gasteiger partial charge on any atom is -0.456 e. The Labute approximate surface area is 79.6 Å². The molecule has 0 aromatic carbocycles. The van der Waals surface area contributed by atoms with Crippen molar-refractivity contribution in [1.29, 1.82) is 0 Å². The lowest BCUT2D eigenvalue weighted by atomic mass is 9.97. The molecule has 0 aromatic heterocycles. The summed E-state index contributed by atoms with van der Waals surface area (Å²) in [5.74, 6) is -1.77. The largest absolute Gasteiger partial charge is 0.490 e. The van der Waals surface area contributed by atoms with E-state index in [9.17, 15) is 18.0 Å². The third-order valence-corrected chi connectivity index (χ3v) is 2.07. The lowest BCUT2D eigenvalue weighted by molar-refractivity contribution is -0.204. The zero-order valence-electron chi connectivity index (χ0n) is 7.73. The van der Waals surface area contributed by atoms with E-state index in [4.69, 9.17) is 0 Å². The summed E-state index contributed by atoms with van der Waals surface area (Å²) in [5, 5.41) is 2.99. The summed E-state index contributed by atoms with van der Waals surface area (Å²) in [6, 6.07) is 0. The average molecular weight is 211 g/mol. The molecule has 14 heavy (non-hydrogen) atoms. The van der Waals surface area contributed by atoms with Gasteiger partial charge < -0.3 is 10.1 Å². The summed E-state index contributed by atoms with van der Waals surface area (Å²) < 4.78 is 39.5. The summed E-state index contributed by atoms with van der Waals surface area (Å²) in [6.45, 7) is 3.05. The van der Waals surface area contributed by atoms with Crippen LogP contribution in [0, 0.1) is 5.92 Å². The molecule has 1 aliphatic heterocycles. The Kier molecular flexibility index (Phi) is 3.36. The lowest BCUT2D eigenvalue weighted by Crippen LogP contribution is -2.44. The van der Waals surface area contributed by atoms with Gasteiger partial charge in [-0.1, -0.05) is 0 Å². The molecule has 0 aliphatic carbocycles. The number of hydrogen-bond donors (Lipinski definition) is 1. The van der Waals surface area contributed by atoms with Gasteiger partial charge >= 0.3 is 12.1 Å². The maximum atomic E-state index is 11.8. The summed E-state index contributed by atoms with van der Waals surface area (Å²) in [7, 11) is 0. The summed E-state index contributed by atoms with van der Waals surface area (Å²) >= 11 is 0. The Morgan fingerprint density at radius 1 is 1.57 bits per heavy atom. The van der Waals surface area contributed by atoms with Gasteiger partial charge in [-0.15, -0.1) is 0 Å². The number of ether oxygens (including phenoxy) is 1. The Morgan fingerprint density at radius 2 is 2.14 bits per heavy atom. The molecule has 0 aromatic rings. The highest BCUT2D eigenvalue weighted by Gasteiger charge is 2.42. The first-order valence-electron chi connectivity index (χ1n) is 4.38. The van der Waals surface area contributed by atoms with Crippen LogP contribution in [0.5, 0.6) is 0 Å². The fourth-order valence-corrected chi connectivity index (χ4v) is 1.28. The number of alkyl halides is 3. The molecule has 1 saturated heterocycles. The van der Waals surface area contributed by atoms with Crippen LogP contribution in [0.1, 0.15) is 13.3 Å². The van der Waals surface area contributed by atoms with Gasteiger partial charge in [0.2, 0.25) is 0 Å². The van der Waals surface area contributed by atoms with E-state index in [2.05, 4.69) is 10.1 Å². The van der Waals surface area contributed by atoms with Crippen molar-refractivity contribution in [2.75, 3.05) is 13.1 Å². The molecule has 0 amide bonds. The third-order valence-electron chi connectivity index (χ3n) is 2.07. The van der Waals surface area contributed by atoms with Crippen LogP contribution < -0.4 is 5.32 Å². The van der Waals surface area contributed by atoms with Crippen LogP contribution in [-0.2, 0) is 9.53 Å². The predicted molar refractivity (Wildman–Crippen MR) is 42.6 cm³/mol. The molecule has 0 radical (unpaired) electrons. The van der Waals surface area contributed by atoms with Crippen molar-refractivity contribution >= 4 is 5.97 Å². The van der Waals surface area contributed by atoms with Crippen molar-refractivity contribution in [3.8, 4) is 0 Å². The van der Waals surface area contributed by atoms with Gasteiger partial charge in [-0.05, 0) is 32.4 Å². The van der Waals surface area contributed by atoms with E-state index in [0.717, 1.165) is 13.1 Å². The topological polar surface area (TPSA) is 38.3 Å². The van der Waals surface area contributed by atoms with E-state index in [-0.39, 0.29) is 0 Å². The van der Waals surface area contributed by atoms with E-state index < -0.39 is 18.2 Å². The molecule has 0 spiro atoms. The minimum absolute atomic E-state index is 0.325. The highest BCUT2D eigenvalue weighted by atomic mass is 19.4. The van der Waals surface area contributed by atoms with Crippen LogP contribution in [0.25, 0.3) is 0 Å². The molecule has 1 unspecified atom stereocenters. The maximum Gasteiger partial charge on any atom is 0.490 e. The molecule has 0 bridgehead atoms. The van der Waals surface area contributed by atoms with Crippen molar-refractivity contribution < 1.29 is 22.7 Å². The van der Waals surface area contributed by atoms with E-state index >= 15 is 0 Å². The first-order valence-corrected chi connectivity index (χ1v) is 4.38. The van der Waals surface area contributed by atoms with E-state index in [1.807, 2.05) is 0 Å². The van der Waals surface area contributed by atoms with Gasteiger partial charge in [-0.3, -0.25) is 0 Å². The average Bonchev–Trinajstić information content (AvgIpc) is 1.95. The first-order chi connectivity index (χ1) is 6.39. The van der Waals surface area contributed by atoms with Crippen molar-refractivity contribution in [1.82, 2.24) is 5.32 Å². The fraction of sp³-hybridized carbons (Fsp3) is 0.875. The third kappa shape index (κ3) is 3.17. The van der Waals surface area contributed by atoms with Crippen LogP contribution in [0.15, 0.2) is 0 Å². The Hall–Kier alpha value is -0.780. The molecule has 82 valence electrons. The van der Waals surface area contributed by atoms with E-state index in [1.165, 1.54) is 6.92 Å². The summed E-state index contributed by atoms with van der Waals surface area (Å²) in [6.07, 6.45) is -5.07. The number of carbonyl (C=O) groups is 1. The van der Waals surface area contributed by atoms with E-state index in [0.29, 0.717) is 12.3 Å². The second-order valence-corrected chi connectivity index (χ2v) is 3.47. The standard InChI is InChI=1S/C8H12F3NO2/c1-5(2-6-3-12-4-6)14-7(13)8(9,10)11/h5-6,12H,2-4H2,1H3. The molecule has 3 nitrogen and oxygen atoms in total. The Bertz CT molecular complexity index is 213. The smallest absolute Gasteiger partial charge is 0.456 e. The van der Waals surface area contributed by atoms with Crippen LogP contribution in [0.3, 0.4) is 0 Å². The zero-order valence-corrected chi connectivity index (χ0v) is 7.73. The molecule has 1 atom stereocenters. The van der Waals surface area contributed by atoms with Gasteiger partial charge in [-0.25, -0.2) is 4.79 Å². The zero-order chi connectivity index (χ0) is 10.8. The van der Waals surface area contributed by atoms with Crippen LogP contribution in [0.2, 0.25) is 0 Å². The monoisotopic (exact) mass is 211 g/mol. The van der Waals surface area contributed by atoms with Gasteiger partial charge in [-0.2, -0.15) is 13.2 Å². The van der Waals surface area contributed by atoms with Crippen molar-refractivity contribution in [2.24, 2.45) is 5.92 Å². The number of rotatable bonds is 3. The molecular formula is C8H12F3NO2. The number of hydrogen-bond acceptors (Lipinski definition) is 3. The number of esters is 1. The van der Waals surface area contributed by atoms with Crippen LogP contribution in [0.4, 0.5) is 13.2 Å². The second-order valence-electron chi connectivity index (χ2n) is 3.47. The molecule has 0 saturated carbocycles. The molecule has 1 fully saturated rings. The maximum absolute atomic E-state index is 11.8. The van der Waals surface area contributed by atoms with Gasteiger partial charge in [0.05, 0.1) is 6.10 Å². The fourth-order valence-electron chi connectivity index (χ4n) is 1.28. The molecule has 1 heterocycles. The second kappa shape index (κ2) is 4.16. The van der Waals surface area contributed by atoms with Gasteiger partial charge in [0.1, 0.15) is 0 Å². The highest BCUT2D eigenvalue weighted by molar-refractivity contribution is 5.75. The number of carbonyl (C=O) groups excluding carboxylic acids is 1. The van der Waals surface area contributed by atoms with E-state index in [1.54, 1.807) is 0 Å².